The summed E-state index contributed by atoms with van der Waals surface area (Å²) in [4.78, 5) is 15.2. The first kappa shape index (κ1) is 14.0. The number of hydrogen-bond donors (Lipinski definition) is 2. The molecule has 0 bridgehead atoms. The smallest absolute Gasteiger partial charge is 0.216 e. The lowest BCUT2D eigenvalue weighted by Crippen LogP contribution is -2.24. The molecule has 0 spiro atoms. The van der Waals surface area contributed by atoms with E-state index >= 15 is 0 Å². The Hall–Kier alpha value is -2.44. The first-order chi connectivity index (χ1) is 9.56. The Balaban J connectivity index is 2.38. The third kappa shape index (κ3) is 2.61. The molecule has 0 saturated heterocycles. The molecule has 0 saturated carbocycles. The molecule has 1 amide bonds. The van der Waals surface area contributed by atoms with Crippen molar-refractivity contribution in [3.63, 3.8) is 0 Å². The van der Waals surface area contributed by atoms with E-state index in [2.05, 4.69) is 10.3 Å². The highest BCUT2D eigenvalue weighted by Crippen LogP contribution is 2.32. The SMILES string of the molecule is COc1cc2nc(N)n(CCNC(C)=O)c2cc1OC. The zero-order valence-corrected chi connectivity index (χ0v) is 11.8. The molecule has 108 valence electrons. The normalized spacial score (nSPS) is 10.6. The van der Waals surface area contributed by atoms with Gasteiger partial charge >= 0.3 is 0 Å². The minimum absolute atomic E-state index is 0.0766. The van der Waals surface area contributed by atoms with E-state index in [0.29, 0.717) is 30.5 Å². The van der Waals surface area contributed by atoms with Gasteiger partial charge in [-0.3, -0.25) is 4.79 Å². The fourth-order valence-electron chi connectivity index (χ4n) is 2.05. The molecular formula is C13H18N4O3. The van der Waals surface area contributed by atoms with Crippen LogP contribution in [0.15, 0.2) is 12.1 Å². The summed E-state index contributed by atoms with van der Waals surface area (Å²) in [6.07, 6.45) is 0. The first-order valence-corrected chi connectivity index (χ1v) is 6.19. The molecule has 0 aliphatic rings. The van der Waals surface area contributed by atoms with Crippen molar-refractivity contribution in [2.75, 3.05) is 26.5 Å². The Bertz CT molecular complexity index is 636. The molecule has 2 aromatic rings. The Labute approximate surface area is 116 Å². The minimum atomic E-state index is -0.0766. The maximum absolute atomic E-state index is 10.9. The molecule has 0 aliphatic carbocycles. The summed E-state index contributed by atoms with van der Waals surface area (Å²) in [6.45, 7) is 2.50. The summed E-state index contributed by atoms with van der Waals surface area (Å²) in [5, 5.41) is 2.73. The lowest BCUT2D eigenvalue weighted by atomic mass is 10.2. The molecule has 0 aliphatic heterocycles. The third-order valence-corrected chi connectivity index (χ3v) is 2.99. The first-order valence-electron chi connectivity index (χ1n) is 6.19. The standard InChI is InChI=1S/C13H18N4O3/c1-8(18)15-4-5-17-10-7-12(20-3)11(19-2)6-9(10)16-13(17)14/h6-7H,4-5H2,1-3H3,(H2,14,16)(H,15,18). The number of amides is 1. The van der Waals surface area contributed by atoms with Crippen LogP contribution >= 0.6 is 0 Å². The molecule has 1 heterocycles. The largest absolute Gasteiger partial charge is 0.493 e. The number of nitrogen functional groups attached to an aromatic ring is 1. The summed E-state index contributed by atoms with van der Waals surface area (Å²) in [5.74, 6) is 1.53. The van der Waals surface area contributed by atoms with Crippen LogP contribution in [0.25, 0.3) is 11.0 Å². The number of rotatable bonds is 5. The molecule has 1 aromatic carbocycles. The molecule has 0 unspecified atom stereocenters. The number of ether oxygens (including phenoxy) is 2. The maximum Gasteiger partial charge on any atom is 0.216 e. The molecule has 0 fully saturated rings. The number of aromatic nitrogens is 2. The van der Waals surface area contributed by atoms with Gasteiger partial charge in [0.25, 0.3) is 0 Å². The average Bonchev–Trinajstić information content (AvgIpc) is 2.72. The Morgan fingerprint density at radius 3 is 2.60 bits per heavy atom. The topological polar surface area (TPSA) is 91.4 Å². The second kappa shape index (κ2) is 5.68. The summed E-state index contributed by atoms with van der Waals surface area (Å²) in [5.41, 5.74) is 7.47. The van der Waals surface area contributed by atoms with Gasteiger partial charge in [0.1, 0.15) is 0 Å². The summed E-state index contributed by atoms with van der Waals surface area (Å²) >= 11 is 0. The Morgan fingerprint density at radius 2 is 2.00 bits per heavy atom. The van der Waals surface area contributed by atoms with Crippen molar-refractivity contribution in [3.05, 3.63) is 12.1 Å². The fourth-order valence-corrected chi connectivity index (χ4v) is 2.05. The van der Waals surface area contributed by atoms with Gasteiger partial charge in [0, 0.05) is 32.1 Å². The average molecular weight is 278 g/mol. The van der Waals surface area contributed by atoms with Crippen LogP contribution in [-0.2, 0) is 11.3 Å². The highest BCUT2D eigenvalue weighted by Gasteiger charge is 2.13. The molecule has 2 rings (SSSR count). The van der Waals surface area contributed by atoms with Crippen molar-refractivity contribution < 1.29 is 14.3 Å². The lowest BCUT2D eigenvalue weighted by molar-refractivity contribution is -0.118. The number of carbonyl (C=O) groups is 1. The number of imidazole rings is 1. The molecule has 20 heavy (non-hydrogen) atoms. The number of nitrogens with zero attached hydrogens (tertiary/aromatic N) is 2. The minimum Gasteiger partial charge on any atom is -0.493 e. The van der Waals surface area contributed by atoms with Gasteiger partial charge in [-0.2, -0.15) is 0 Å². The predicted molar refractivity (Wildman–Crippen MR) is 75.9 cm³/mol. The van der Waals surface area contributed by atoms with Gasteiger partial charge in [-0.1, -0.05) is 0 Å². The molecular weight excluding hydrogens is 260 g/mol. The van der Waals surface area contributed by atoms with Crippen molar-refractivity contribution in [2.45, 2.75) is 13.5 Å². The van der Waals surface area contributed by atoms with E-state index in [9.17, 15) is 4.79 Å². The molecule has 7 nitrogen and oxygen atoms in total. The highest BCUT2D eigenvalue weighted by molar-refractivity contribution is 5.82. The maximum atomic E-state index is 10.9. The van der Waals surface area contributed by atoms with E-state index in [1.165, 1.54) is 6.92 Å². The predicted octanol–water partition coefficient (Wildman–Crippen LogP) is 0.772. The van der Waals surface area contributed by atoms with Crippen LogP contribution in [0.3, 0.4) is 0 Å². The molecule has 1 aromatic heterocycles. The van der Waals surface area contributed by atoms with Crippen molar-refractivity contribution in [1.29, 1.82) is 0 Å². The Kier molecular flexibility index (Phi) is 3.97. The zero-order chi connectivity index (χ0) is 14.7. The van der Waals surface area contributed by atoms with Crippen LogP contribution in [0, 0.1) is 0 Å². The number of carbonyl (C=O) groups excluding carboxylic acids is 1. The number of methoxy groups -OCH3 is 2. The third-order valence-electron chi connectivity index (χ3n) is 2.99. The van der Waals surface area contributed by atoms with Gasteiger partial charge in [-0.15, -0.1) is 0 Å². The number of benzene rings is 1. The molecule has 7 heteroatoms. The van der Waals surface area contributed by atoms with Crippen molar-refractivity contribution in [2.24, 2.45) is 0 Å². The monoisotopic (exact) mass is 278 g/mol. The van der Waals surface area contributed by atoms with E-state index < -0.39 is 0 Å². The second-order valence-corrected chi connectivity index (χ2v) is 4.30. The van der Waals surface area contributed by atoms with Crippen LogP contribution < -0.4 is 20.5 Å². The van der Waals surface area contributed by atoms with Crippen LogP contribution in [-0.4, -0.2) is 36.2 Å². The van der Waals surface area contributed by atoms with E-state index in [1.54, 1.807) is 20.3 Å². The molecule has 3 N–H and O–H groups in total. The van der Waals surface area contributed by atoms with Crippen molar-refractivity contribution in [1.82, 2.24) is 14.9 Å². The number of nitrogens with two attached hydrogens (primary N) is 1. The zero-order valence-electron chi connectivity index (χ0n) is 11.8. The lowest BCUT2D eigenvalue weighted by Gasteiger charge is -2.10. The van der Waals surface area contributed by atoms with E-state index in [-0.39, 0.29) is 5.91 Å². The number of anilines is 1. The second-order valence-electron chi connectivity index (χ2n) is 4.30. The number of nitrogens with one attached hydrogen (secondary N) is 1. The van der Waals surface area contributed by atoms with E-state index in [4.69, 9.17) is 15.2 Å². The van der Waals surface area contributed by atoms with Gasteiger partial charge in [0.05, 0.1) is 25.3 Å². The fraction of sp³-hybridized carbons (Fsp3) is 0.385. The van der Waals surface area contributed by atoms with Gasteiger partial charge in [-0.25, -0.2) is 4.98 Å². The number of fused-ring (bicyclic) bond motifs is 1. The van der Waals surface area contributed by atoms with Gasteiger partial charge in [0.15, 0.2) is 11.5 Å². The summed E-state index contributed by atoms with van der Waals surface area (Å²) in [6, 6.07) is 3.60. The van der Waals surface area contributed by atoms with Crippen molar-refractivity contribution >= 4 is 22.9 Å². The van der Waals surface area contributed by atoms with Gasteiger partial charge in [-0.05, 0) is 0 Å². The van der Waals surface area contributed by atoms with Crippen molar-refractivity contribution in [3.8, 4) is 11.5 Å². The molecule has 0 radical (unpaired) electrons. The highest BCUT2D eigenvalue weighted by atomic mass is 16.5. The quantitative estimate of drug-likeness (QED) is 0.843. The van der Waals surface area contributed by atoms with Crippen LogP contribution in [0.4, 0.5) is 5.95 Å². The molecule has 0 atom stereocenters. The van der Waals surface area contributed by atoms with E-state index in [0.717, 1.165) is 11.0 Å². The summed E-state index contributed by atoms with van der Waals surface area (Å²) in [7, 11) is 3.14. The van der Waals surface area contributed by atoms with E-state index in [1.807, 2.05) is 10.6 Å². The van der Waals surface area contributed by atoms with Crippen LogP contribution in [0.2, 0.25) is 0 Å². The summed E-state index contributed by atoms with van der Waals surface area (Å²) < 4.78 is 12.3. The van der Waals surface area contributed by atoms with Crippen LogP contribution in [0.5, 0.6) is 11.5 Å². The number of hydrogen-bond acceptors (Lipinski definition) is 5. The van der Waals surface area contributed by atoms with Gasteiger partial charge < -0.3 is 25.1 Å². The Morgan fingerprint density at radius 1 is 1.35 bits per heavy atom. The van der Waals surface area contributed by atoms with Crippen LogP contribution in [0.1, 0.15) is 6.92 Å². The van der Waals surface area contributed by atoms with Gasteiger partial charge in [0.2, 0.25) is 11.9 Å².